The molecule has 2 heterocycles. The maximum Gasteiger partial charge on any atom is 0.340 e. The monoisotopic (exact) mass is 343 g/mol. The van der Waals surface area contributed by atoms with E-state index in [0.717, 1.165) is 19.4 Å². The normalized spacial score (nSPS) is 16.4. The maximum absolute atomic E-state index is 12.0. The van der Waals surface area contributed by atoms with Gasteiger partial charge in [-0.25, -0.2) is 4.79 Å². The molecule has 0 amide bonds. The minimum absolute atomic E-state index is 0.205. The van der Waals surface area contributed by atoms with Gasteiger partial charge in [0.05, 0.1) is 30.2 Å². The predicted octanol–water partition coefficient (Wildman–Crippen LogP) is 2.38. The van der Waals surface area contributed by atoms with Crippen molar-refractivity contribution in [3.05, 3.63) is 36.0 Å². The number of nitrogens with zero attached hydrogens (tertiary/aromatic N) is 3. The van der Waals surface area contributed by atoms with Crippen molar-refractivity contribution in [2.45, 2.75) is 25.9 Å². The van der Waals surface area contributed by atoms with Gasteiger partial charge in [-0.15, -0.1) is 5.10 Å². The molecule has 0 bridgehead atoms. The first kappa shape index (κ1) is 17.1. The molecule has 1 fully saturated rings. The topological polar surface area (TPSA) is 98.3 Å². The number of hydrogen-bond acceptors (Lipinski definition) is 8. The third kappa shape index (κ3) is 4.63. The number of esters is 1. The van der Waals surface area contributed by atoms with Crippen LogP contribution in [0.15, 0.2) is 30.5 Å². The summed E-state index contributed by atoms with van der Waals surface area (Å²) in [6.07, 6.45) is 3.89. The van der Waals surface area contributed by atoms with E-state index in [-0.39, 0.29) is 6.10 Å². The van der Waals surface area contributed by atoms with Crippen molar-refractivity contribution in [3.63, 3.8) is 0 Å². The van der Waals surface area contributed by atoms with Crippen LogP contribution in [0, 0.1) is 0 Å². The largest absolute Gasteiger partial charge is 0.462 e. The van der Waals surface area contributed by atoms with Crippen LogP contribution in [0.5, 0.6) is 0 Å². The summed E-state index contributed by atoms with van der Waals surface area (Å²) in [4.78, 5) is 16.4. The van der Waals surface area contributed by atoms with Crippen LogP contribution in [0.3, 0.4) is 0 Å². The van der Waals surface area contributed by atoms with Gasteiger partial charge in [-0.1, -0.05) is 12.1 Å². The van der Waals surface area contributed by atoms with Crippen LogP contribution in [0.2, 0.25) is 0 Å². The van der Waals surface area contributed by atoms with Crippen LogP contribution in [-0.2, 0) is 9.47 Å². The molecule has 1 aliphatic rings. The number of aromatic nitrogens is 3. The fourth-order valence-electron chi connectivity index (χ4n) is 2.56. The number of para-hydroxylation sites is 1. The van der Waals surface area contributed by atoms with Gasteiger partial charge < -0.3 is 20.1 Å². The quantitative estimate of drug-likeness (QED) is 0.740. The Labute approximate surface area is 146 Å². The molecule has 1 aromatic carbocycles. The highest BCUT2D eigenvalue weighted by Gasteiger charge is 2.16. The smallest absolute Gasteiger partial charge is 0.340 e. The van der Waals surface area contributed by atoms with Gasteiger partial charge in [0.15, 0.2) is 5.82 Å². The number of ether oxygens (including phenoxy) is 2. The second-order valence-corrected chi connectivity index (χ2v) is 5.57. The molecule has 0 radical (unpaired) electrons. The molecule has 0 saturated carbocycles. The van der Waals surface area contributed by atoms with Crippen molar-refractivity contribution in [1.82, 2.24) is 15.2 Å². The lowest BCUT2D eigenvalue weighted by molar-refractivity contribution is 0.0527. The van der Waals surface area contributed by atoms with Crippen molar-refractivity contribution in [3.8, 4) is 0 Å². The number of nitrogens with one attached hydrogen (secondary N) is 2. The lowest BCUT2D eigenvalue weighted by Crippen LogP contribution is -2.19. The highest BCUT2D eigenvalue weighted by Crippen LogP contribution is 2.20. The maximum atomic E-state index is 12.0. The fraction of sp³-hybridized carbons (Fsp3) is 0.412. The summed E-state index contributed by atoms with van der Waals surface area (Å²) in [7, 11) is 0. The van der Waals surface area contributed by atoms with Crippen molar-refractivity contribution in [1.29, 1.82) is 0 Å². The van der Waals surface area contributed by atoms with Gasteiger partial charge in [0.1, 0.15) is 0 Å². The van der Waals surface area contributed by atoms with Gasteiger partial charge in [0, 0.05) is 13.2 Å². The van der Waals surface area contributed by atoms with Gasteiger partial charge in [-0.05, 0) is 31.9 Å². The summed E-state index contributed by atoms with van der Waals surface area (Å²) in [5, 5.41) is 14.1. The summed E-state index contributed by atoms with van der Waals surface area (Å²) in [5.74, 6) is 0.502. The highest BCUT2D eigenvalue weighted by atomic mass is 16.5. The lowest BCUT2D eigenvalue weighted by atomic mass is 10.2. The minimum atomic E-state index is -0.397. The summed E-state index contributed by atoms with van der Waals surface area (Å²) >= 11 is 0. The molecule has 0 spiro atoms. The molecule has 25 heavy (non-hydrogen) atoms. The molecule has 132 valence electrons. The summed E-state index contributed by atoms with van der Waals surface area (Å²) in [6, 6.07) is 7.05. The summed E-state index contributed by atoms with van der Waals surface area (Å²) in [6.45, 7) is 3.57. The molecule has 8 heteroatoms. The second kappa shape index (κ2) is 8.39. The number of carbonyl (C=O) groups excluding carboxylic acids is 1. The number of hydrogen-bond donors (Lipinski definition) is 2. The first-order chi connectivity index (χ1) is 12.3. The Bertz CT molecular complexity index is 719. The minimum Gasteiger partial charge on any atom is -0.462 e. The number of benzene rings is 1. The van der Waals surface area contributed by atoms with Crippen molar-refractivity contribution in [2.24, 2.45) is 0 Å². The van der Waals surface area contributed by atoms with E-state index in [0.29, 0.717) is 36.2 Å². The van der Waals surface area contributed by atoms with Crippen molar-refractivity contribution in [2.75, 3.05) is 30.4 Å². The third-order valence-corrected chi connectivity index (χ3v) is 3.76. The first-order valence-corrected chi connectivity index (χ1v) is 8.34. The van der Waals surface area contributed by atoms with E-state index in [1.165, 1.54) is 0 Å². The van der Waals surface area contributed by atoms with Crippen LogP contribution in [0.25, 0.3) is 0 Å². The Morgan fingerprint density at radius 2 is 2.28 bits per heavy atom. The van der Waals surface area contributed by atoms with Crippen molar-refractivity contribution < 1.29 is 14.3 Å². The van der Waals surface area contributed by atoms with Gasteiger partial charge >= 0.3 is 5.97 Å². The van der Waals surface area contributed by atoms with Crippen LogP contribution in [0.4, 0.5) is 17.5 Å². The van der Waals surface area contributed by atoms with Crippen LogP contribution in [-0.4, -0.2) is 47.0 Å². The zero-order valence-electron chi connectivity index (χ0n) is 14.1. The van der Waals surface area contributed by atoms with Gasteiger partial charge in [0.2, 0.25) is 5.95 Å². The van der Waals surface area contributed by atoms with Gasteiger partial charge in [-0.2, -0.15) is 10.1 Å². The molecular formula is C17H21N5O3. The SMILES string of the molecule is CCOC(=O)c1ccccc1Nc1nncc(NCC2CCCO2)n1. The Morgan fingerprint density at radius 1 is 1.40 bits per heavy atom. The van der Waals surface area contributed by atoms with E-state index >= 15 is 0 Å². The van der Waals surface area contributed by atoms with E-state index in [9.17, 15) is 4.79 Å². The van der Waals surface area contributed by atoms with E-state index in [2.05, 4.69) is 25.8 Å². The molecular weight excluding hydrogens is 322 g/mol. The lowest BCUT2D eigenvalue weighted by Gasteiger charge is -2.12. The number of anilines is 3. The Morgan fingerprint density at radius 3 is 3.08 bits per heavy atom. The summed E-state index contributed by atoms with van der Waals surface area (Å²) < 4.78 is 10.6. The van der Waals surface area contributed by atoms with E-state index in [1.54, 1.807) is 31.3 Å². The first-order valence-electron chi connectivity index (χ1n) is 8.34. The fourth-order valence-corrected chi connectivity index (χ4v) is 2.56. The third-order valence-electron chi connectivity index (χ3n) is 3.76. The number of rotatable bonds is 7. The summed E-state index contributed by atoms with van der Waals surface area (Å²) in [5.41, 5.74) is 0.990. The number of carbonyl (C=O) groups is 1. The van der Waals surface area contributed by atoms with Crippen LogP contribution < -0.4 is 10.6 Å². The molecule has 8 nitrogen and oxygen atoms in total. The van der Waals surface area contributed by atoms with Crippen molar-refractivity contribution >= 4 is 23.4 Å². The Hall–Kier alpha value is -2.74. The van der Waals surface area contributed by atoms with Crippen LogP contribution >= 0.6 is 0 Å². The van der Waals surface area contributed by atoms with E-state index in [4.69, 9.17) is 9.47 Å². The second-order valence-electron chi connectivity index (χ2n) is 5.57. The average Bonchev–Trinajstić information content (AvgIpc) is 3.15. The molecule has 1 aromatic heterocycles. The van der Waals surface area contributed by atoms with Crippen LogP contribution in [0.1, 0.15) is 30.1 Å². The molecule has 1 unspecified atom stereocenters. The molecule has 0 aliphatic carbocycles. The van der Waals surface area contributed by atoms with Gasteiger partial charge in [0.25, 0.3) is 0 Å². The zero-order valence-corrected chi connectivity index (χ0v) is 14.1. The Balaban J connectivity index is 1.68. The molecule has 1 aliphatic heterocycles. The highest BCUT2D eigenvalue weighted by molar-refractivity contribution is 5.96. The molecule has 1 saturated heterocycles. The molecule has 3 rings (SSSR count). The average molecular weight is 343 g/mol. The predicted molar refractivity (Wildman–Crippen MR) is 93.0 cm³/mol. The zero-order chi connectivity index (χ0) is 17.5. The van der Waals surface area contributed by atoms with Gasteiger partial charge in [-0.3, -0.25) is 0 Å². The standard InChI is InChI=1S/C17H21N5O3/c1-2-24-16(23)13-7-3-4-8-14(13)20-17-21-15(11-19-22-17)18-10-12-6-5-9-25-12/h3-4,7-8,11-12H,2,5-6,9-10H2,1H3,(H2,18,20,21,22). The molecule has 2 N–H and O–H groups in total. The van der Waals surface area contributed by atoms with E-state index in [1.807, 2.05) is 6.07 Å². The Kier molecular flexibility index (Phi) is 5.73. The van der Waals surface area contributed by atoms with E-state index < -0.39 is 5.97 Å². The molecule has 1 atom stereocenters. The molecule has 2 aromatic rings.